The van der Waals surface area contributed by atoms with E-state index in [1.165, 1.54) is 0 Å². The lowest BCUT2D eigenvalue weighted by molar-refractivity contribution is -0.136. The van der Waals surface area contributed by atoms with Gasteiger partial charge in [0.15, 0.2) is 0 Å². The zero-order valence-corrected chi connectivity index (χ0v) is 11.4. The quantitative estimate of drug-likeness (QED) is 0.750. The van der Waals surface area contributed by atoms with E-state index in [0.717, 1.165) is 25.7 Å². The van der Waals surface area contributed by atoms with Crippen LogP contribution in [-0.4, -0.2) is 42.4 Å². The molecule has 1 atom stereocenters. The second-order valence-electron chi connectivity index (χ2n) is 4.89. The highest BCUT2D eigenvalue weighted by Gasteiger charge is 2.28. The predicted octanol–water partition coefficient (Wildman–Crippen LogP) is 0.489. The molecule has 5 heteroatoms. The summed E-state index contributed by atoms with van der Waals surface area (Å²) in [4.78, 5) is 25.5. The van der Waals surface area contributed by atoms with E-state index < -0.39 is 0 Å². The van der Waals surface area contributed by atoms with Gasteiger partial charge in [0.05, 0.1) is 6.04 Å². The third-order valence-electron chi connectivity index (χ3n) is 3.45. The molecule has 1 aliphatic heterocycles. The highest BCUT2D eigenvalue weighted by molar-refractivity contribution is 5.82. The maximum absolute atomic E-state index is 12.0. The third kappa shape index (κ3) is 3.98. The summed E-state index contributed by atoms with van der Waals surface area (Å²) in [6, 6.07) is -0.379. The van der Waals surface area contributed by atoms with Gasteiger partial charge in [0.25, 0.3) is 0 Å². The number of rotatable bonds is 5. The Kier molecular flexibility index (Phi) is 6.12. The first-order chi connectivity index (χ1) is 8.60. The summed E-state index contributed by atoms with van der Waals surface area (Å²) in [6.45, 7) is 5.91. The van der Waals surface area contributed by atoms with Crippen LogP contribution in [0.1, 0.15) is 39.5 Å². The second kappa shape index (κ2) is 7.36. The van der Waals surface area contributed by atoms with Gasteiger partial charge in [0.2, 0.25) is 11.8 Å². The Balaban J connectivity index is 2.39. The van der Waals surface area contributed by atoms with E-state index in [1.54, 1.807) is 4.90 Å². The number of nitrogens with two attached hydrogens (primary N) is 1. The summed E-state index contributed by atoms with van der Waals surface area (Å²) in [5.74, 6) is 0.199. The van der Waals surface area contributed by atoms with Crippen LogP contribution in [0.2, 0.25) is 0 Å². The van der Waals surface area contributed by atoms with Crippen LogP contribution in [0.3, 0.4) is 0 Å². The van der Waals surface area contributed by atoms with Crippen molar-refractivity contribution >= 4 is 11.8 Å². The Hall–Kier alpha value is -1.10. The molecule has 0 unspecified atom stereocenters. The molecule has 1 heterocycles. The van der Waals surface area contributed by atoms with Crippen LogP contribution in [0.5, 0.6) is 0 Å². The SMILES string of the molecule is CCC[C@H](N)C(=O)N1CCC(C(=O)NCC)CC1. The number of amides is 2. The zero-order valence-electron chi connectivity index (χ0n) is 11.4. The van der Waals surface area contributed by atoms with E-state index in [1.807, 2.05) is 13.8 Å². The molecule has 0 aromatic carbocycles. The first-order valence-electron chi connectivity index (χ1n) is 6.92. The fraction of sp³-hybridized carbons (Fsp3) is 0.846. The van der Waals surface area contributed by atoms with Crippen molar-refractivity contribution in [3.8, 4) is 0 Å². The summed E-state index contributed by atoms with van der Waals surface area (Å²) < 4.78 is 0. The van der Waals surface area contributed by atoms with Gasteiger partial charge in [-0.1, -0.05) is 13.3 Å². The van der Waals surface area contributed by atoms with Crippen molar-refractivity contribution < 1.29 is 9.59 Å². The summed E-state index contributed by atoms with van der Waals surface area (Å²) in [6.07, 6.45) is 3.14. The Morgan fingerprint density at radius 2 is 1.94 bits per heavy atom. The molecule has 1 fully saturated rings. The number of piperidine rings is 1. The average Bonchev–Trinajstić information content (AvgIpc) is 2.38. The van der Waals surface area contributed by atoms with Crippen molar-refractivity contribution in [1.29, 1.82) is 0 Å². The molecule has 1 aliphatic rings. The minimum atomic E-state index is -0.379. The number of likely N-dealkylation sites (tertiary alicyclic amines) is 1. The van der Waals surface area contributed by atoms with Crippen LogP contribution < -0.4 is 11.1 Å². The maximum Gasteiger partial charge on any atom is 0.239 e. The van der Waals surface area contributed by atoms with E-state index in [-0.39, 0.29) is 23.8 Å². The Bertz CT molecular complexity index is 286. The Morgan fingerprint density at radius 1 is 1.33 bits per heavy atom. The van der Waals surface area contributed by atoms with Crippen molar-refractivity contribution in [2.75, 3.05) is 19.6 Å². The molecule has 0 aromatic heterocycles. The van der Waals surface area contributed by atoms with Crippen molar-refractivity contribution in [3.05, 3.63) is 0 Å². The van der Waals surface area contributed by atoms with Crippen molar-refractivity contribution in [2.24, 2.45) is 11.7 Å². The fourth-order valence-corrected chi connectivity index (χ4v) is 2.35. The molecule has 0 aromatic rings. The average molecular weight is 255 g/mol. The van der Waals surface area contributed by atoms with E-state index in [9.17, 15) is 9.59 Å². The normalized spacial score (nSPS) is 18.5. The van der Waals surface area contributed by atoms with Gasteiger partial charge < -0.3 is 16.0 Å². The first-order valence-corrected chi connectivity index (χ1v) is 6.92. The fourth-order valence-electron chi connectivity index (χ4n) is 2.35. The molecular formula is C13H25N3O2. The molecule has 5 nitrogen and oxygen atoms in total. The van der Waals surface area contributed by atoms with Crippen molar-refractivity contribution in [1.82, 2.24) is 10.2 Å². The van der Waals surface area contributed by atoms with Crippen LogP contribution in [0.15, 0.2) is 0 Å². The lowest BCUT2D eigenvalue weighted by atomic mass is 9.95. The molecule has 0 bridgehead atoms. The highest BCUT2D eigenvalue weighted by Crippen LogP contribution is 2.18. The van der Waals surface area contributed by atoms with E-state index in [4.69, 9.17) is 5.73 Å². The standard InChI is InChI=1S/C13H25N3O2/c1-3-5-11(14)13(18)16-8-6-10(7-9-16)12(17)15-4-2/h10-11H,3-9,14H2,1-2H3,(H,15,17)/t11-/m0/s1. The van der Waals surface area contributed by atoms with Gasteiger partial charge in [-0.3, -0.25) is 9.59 Å². The van der Waals surface area contributed by atoms with Gasteiger partial charge in [0, 0.05) is 25.6 Å². The molecule has 2 amide bonds. The number of hydrogen-bond donors (Lipinski definition) is 2. The topological polar surface area (TPSA) is 75.4 Å². The number of hydrogen-bond acceptors (Lipinski definition) is 3. The molecule has 3 N–H and O–H groups in total. The van der Waals surface area contributed by atoms with Gasteiger partial charge >= 0.3 is 0 Å². The smallest absolute Gasteiger partial charge is 0.239 e. The molecule has 0 aliphatic carbocycles. The molecule has 1 rings (SSSR count). The van der Waals surface area contributed by atoms with Crippen molar-refractivity contribution in [3.63, 3.8) is 0 Å². The van der Waals surface area contributed by atoms with Gasteiger partial charge in [-0.25, -0.2) is 0 Å². The highest BCUT2D eigenvalue weighted by atomic mass is 16.2. The minimum Gasteiger partial charge on any atom is -0.356 e. The lowest BCUT2D eigenvalue weighted by Gasteiger charge is -2.32. The molecule has 1 saturated heterocycles. The number of nitrogens with one attached hydrogen (secondary N) is 1. The van der Waals surface area contributed by atoms with Crippen LogP contribution >= 0.6 is 0 Å². The largest absolute Gasteiger partial charge is 0.356 e. The number of nitrogens with zero attached hydrogens (tertiary/aromatic N) is 1. The van der Waals surface area contributed by atoms with E-state index in [0.29, 0.717) is 19.6 Å². The third-order valence-corrected chi connectivity index (χ3v) is 3.45. The van der Waals surface area contributed by atoms with Gasteiger partial charge in [0.1, 0.15) is 0 Å². The molecule has 104 valence electrons. The monoisotopic (exact) mass is 255 g/mol. The van der Waals surface area contributed by atoms with Gasteiger partial charge in [-0.2, -0.15) is 0 Å². The number of carbonyl (C=O) groups excluding carboxylic acids is 2. The van der Waals surface area contributed by atoms with E-state index in [2.05, 4.69) is 5.32 Å². The van der Waals surface area contributed by atoms with Crippen molar-refractivity contribution in [2.45, 2.75) is 45.6 Å². The second-order valence-corrected chi connectivity index (χ2v) is 4.89. The molecular weight excluding hydrogens is 230 g/mol. The van der Waals surface area contributed by atoms with Gasteiger partial charge in [-0.05, 0) is 26.2 Å². The summed E-state index contributed by atoms with van der Waals surface area (Å²) in [7, 11) is 0. The van der Waals surface area contributed by atoms with E-state index >= 15 is 0 Å². The lowest BCUT2D eigenvalue weighted by Crippen LogP contribution is -2.48. The molecule has 0 radical (unpaired) electrons. The molecule has 0 saturated carbocycles. The summed E-state index contributed by atoms with van der Waals surface area (Å²) >= 11 is 0. The summed E-state index contributed by atoms with van der Waals surface area (Å²) in [5.41, 5.74) is 5.83. The van der Waals surface area contributed by atoms with Crippen LogP contribution in [-0.2, 0) is 9.59 Å². The van der Waals surface area contributed by atoms with Crippen LogP contribution in [0.4, 0.5) is 0 Å². The maximum atomic E-state index is 12.0. The molecule has 0 spiro atoms. The Morgan fingerprint density at radius 3 is 2.44 bits per heavy atom. The van der Waals surface area contributed by atoms with Crippen LogP contribution in [0.25, 0.3) is 0 Å². The number of carbonyl (C=O) groups is 2. The minimum absolute atomic E-state index is 0.0335. The zero-order chi connectivity index (χ0) is 13.5. The first kappa shape index (κ1) is 15.0. The predicted molar refractivity (Wildman–Crippen MR) is 70.9 cm³/mol. The Labute approximate surface area is 109 Å². The van der Waals surface area contributed by atoms with Crippen LogP contribution in [0, 0.1) is 5.92 Å². The molecule has 18 heavy (non-hydrogen) atoms. The van der Waals surface area contributed by atoms with Gasteiger partial charge in [-0.15, -0.1) is 0 Å². The summed E-state index contributed by atoms with van der Waals surface area (Å²) in [5, 5.41) is 2.84.